The fourth-order valence-electron chi connectivity index (χ4n) is 2.86. The molecule has 1 amide bonds. The van der Waals surface area contributed by atoms with Gasteiger partial charge in [-0.3, -0.25) is 9.36 Å². The van der Waals surface area contributed by atoms with E-state index in [0.29, 0.717) is 10.8 Å². The second-order valence-electron chi connectivity index (χ2n) is 6.55. The van der Waals surface area contributed by atoms with E-state index in [-0.39, 0.29) is 29.4 Å². The Balaban J connectivity index is 1.65. The minimum atomic E-state index is -0.308. The maximum Gasteiger partial charge on any atom is 0.230 e. The van der Waals surface area contributed by atoms with Crippen molar-refractivity contribution in [2.45, 2.75) is 25.0 Å². The largest absolute Gasteiger partial charge is 0.348 e. The highest BCUT2D eigenvalue weighted by molar-refractivity contribution is 7.99. The molecule has 27 heavy (non-hydrogen) atoms. The van der Waals surface area contributed by atoms with Crippen LogP contribution in [0.4, 0.5) is 4.39 Å². The van der Waals surface area contributed by atoms with Gasteiger partial charge < -0.3 is 5.32 Å². The van der Waals surface area contributed by atoms with Crippen molar-refractivity contribution in [3.63, 3.8) is 0 Å². The lowest BCUT2D eigenvalue weighted by Crippen LogP contribution is -2.33. The number of halogens is 1. The Hall–Kier alpha value is -2.60. The van der Waals surface area contributed by atoms with Gasteiger partial charge in [0.15, 0.2) is 5.16 Å². The van der Waals surface area contributed by atoms with Crippen LogP contribution in [0.15, 0.2) is 72.1 Å². The topological polar surface area (TPSA) is 46.9 Å². The summed E-state index contributed by atoms with van der Waals surface area (Å²) in [6.07, 6.45) is 3.40. The molecule has 0 fully saturated rings. The van der Waals surface area contributed by atoms with Crippen molar-refractivity contribution in [2.24, 2.45) is 5.92 Å². The van der Waals surface area contributed by atoms with Crippen molar-refractivity contribution in [1.29, 1.82) is 0 Å². The van der Waals surface area contributed by atoms with Crippen LogP contribution in [-0.4, -0.2) is 21.2 Å². The summed E-state index contributed by atoms with van der Waals surface area (Å²) < 4.78 is 15.3. The SMILES string of the molecule is CC(C)C(NC(=O)CSc1nccn1-c1cccc(F)c1)c1ccccc1. The van der Waals surface area contributed by atoms with E-state index in [0.717, 1.165) is 5.56 Å². The molecular weight excluding hydrogens is 361 g/mol. The highest BCUT2D eigenvalue weighted by Gasteiger charge is 2.18. The Labute approximate surface area is 162 Å². The van der Waals surface area contributed by atoms with Crippen LogP contribution in [0.3, 0.4) is 0 Å². The number of benzene rings is 2. The second kappa shape index (κ2) is 8.86. The smallest absolute Gasteiger partial charge is 0.230 e. The van der Waals surface area contributed by atoms with Crippen molar-refractivity contribution in [3.05, 3.63) is 78.4 Å². The van der Waals surface area contributed by atoms with Gasteiger partial charge in [0.25, 0.3) is 0 Å². The molecule has 1 aromatic heterocycles. The van der Waals surface area contributed by atoms with Gasteiger partial charge in [-0.15, -0.1) is 0 Å². The Morgan fingerprint density at radius 3 is 2.67 bits per heavy atom. The normalized spacial score (nSPS) is 12.1. The minimum Gasteiger partial charge on any atom is -0.348 e. The van der Waals surface area contributed by atoms with E-state index in [1.807, 2.05) is 30.3 Å². The fourth-order valence-corrected chi connectivity index (χ4v) is 3.64. The number of amides is 1. The number of rotatable bonds is 7. The predicted molar refractivity (Wildman–Crippen MR) is 106 cm³/mol. The lowest BCUT2D eigenvalue weighted by atomic mass is 9.96. The zero-order valence-electron chi connectivity index (χ0n) is 15.3. The third-order valence-electron chi connectivity index (χ3n) is 4.17. The summed E-state index contributed by atoms with van der Waals surface area (Å²) in [6.45, 7) is 4.17. The second-order valence-corrected chi connectivity index (χ2v) is 7.49. The summed E-state index contributed by atoms with van der Waals surface area (Å²) in [5.74, 6) is 0.145. The molecule has 140 valence electrons. The first-order chi connectivity index (χ1) is 13.0. The minimum absolute atomic E-state index is 0.0396. The van der Waals surface area contributed by atoms with E-state index in [1.54, 1.807) is 29.1 Å². The zero-order chi connectivity index (χ0) is 19.2. The van der Waals surface area contributed by atoms with Crippen molar-refractivity contribution in [1.82, 2.24) is 14.9 Å². The molecule has 6 heteroatoms. The van der Waals surface area contributed by atoms with Crippen molar-refractivity contribution in [2.75, 3.05) is 5.75 Å². The van der Waals surface area contributed by atoms with Crippen LogP contribution in [0.25, 0.3) is 5.69 Å². The van der Waals surface area contributed by atoms with E-state index in [1.165, 1.54) is 23.9 Å². The quantitative estimate of drug-likeness (QED) is 0.606. The molecule has 0 aliphatic carbocycles. The van der Waals surface area contributed by atoms with E-state index in [9.17, 15) is 9.18 Å². The number of aromatic nitrogens is 2. The van der Waals surface area contributed by atoms with Crippen molar-refractivity contribution >= 4 is 17.7 Å². The first-order valence-electron chi connectivity index (χ1n) is 8.81. The molecular formula is C21H22FN3OS. The number of nitrogens with one attached hydrogen (secondary N) is 1. The van der Waals surface area contributed by atoms with E-state index >= 15 is 0 Å². The first kappa shape index (κ1) is 19.2. The fraction of sp³-hybridized carbons (Fsp3) is 0.238. The molecule has 3 rings (SSSR count). The number of nitrogens with zero attached hydrogens (tertiary/aromatic N) is 2. The van der Waals surface area contributed by atoms with Crippen LogP contribution in [0.2, 0.25) is 0 Å². The molecule has 1 unspecified atom stereocenters. The predicted octanol–water partition coefficient (Wildman–Crippen LogP) is 4.62. The van der Waals surface area contributed by atoms with Gasteiger partial charge in [0, 0.05) is 12.4 Å². The molecule has 0 radical (unpaired) electrons. The van der Waals surface area contributed by atoms with Gasteiger partial charge in [-0.25, -0.2) is 9.37 Å². The Morgan fingerprint density at radius 2 is 1.96 bits per heavy atom. The van der Waals surface area contributed by atoms with Crippen molar-refractivity contribution < 1.29 is 9.18 Å². The maximum atomic E-state index is 13.5. The molecule has 4 nitrogen and oxygen atoms in total. The van der Waals surface area contributed by atoms with Crippen LogP contribution < -0.4 is 5.32 Å². The highest BCUT2D eigenvalue weighted by Crippen LogP contribution is 2.23. The molecule has 0 spiro atoms. The summed E-state index contributed by atoms with van der Waals surface area (Å²) >= 11 is 1.33. The van der Waals surface area contributed by atoms with Gasteiger partial charge in [0.1, 0.15) is 5.82 Å². The molecule has 1 heterocycles. The Bertz CT molecular complexity index is 895. The monoisotopic (exact) mass is 383 g/mol. The van der Waals surface area contributed by atoms with Crippen LogP contribution in [-0.2, 0) is 4.79 Å². The number of carbonyl (C=O) groups excluding carboxylic acids is 1. The highest BCUT2D eigenvalue weighted by atomic mass is 32.2. The molecule has 0 saturated carbocycles. The van der Waals surface area contributed by atoms with Crippen LogP contribution in [0.5, 0.6) is 0 Å². The standard InChI is InChI=1S/C21H22FN3OS/c1-15(2)20(16-7-4-3-5-8-16)24-19(26)14-27-21-23-11-12-25(21)18-10-6-9-17(22)13-18/h3-13,15,20H,14H2,1-2H3,(H,24,26). The molecule has 0 aliphatic rings. The maximum absolute atomic E-state index is 13.5. The number of carbonyl (C=O) groups is 1. The Kier molecular flexibility index (Phi) is 6.29. The van der Waals surface area contributed by atoms with Gasteiger partial charge in [-0.1, -0.05) is 62.0 Å². The van der Waals surface area contributed by atoms with Gasteiger partial charge in [0.05, 0.1) is 17.5 Å². The van der Waals surface area contributed by atoms with Gasteiger partial charge in [-0.05, 0) is 29.7 Å². The lowest BCUT2D eigenvalue weighted by molar-refractivity contribution is -0.119. The molecule has 0 bridgehead atoms. The molecule has 0 saturated heterocycles. The van der Waals surface area contributed by atoms with Gasteiger partial charge >= 0.3 is 0 Å². The molecule has 1 atom stereocenters. The summed E-state index contributed by atoms with van der Waals surface area (Å²) in [5, 5.41) is 3.76. The van der Waals surface area contributed by atoms with E-state index in [2.05, 4.69) is 24.1 Å². The summed E-state index contributed by atoms with van der Waals surface area (Å²) in [6, 6.07) is 16.2. The number of imidazole rings is 1. The summed E-state index contributed by atoms with van der Waals surface area (Å²) in [4.78, 5) is 16.8. The lowest BCUT2D eigenvalue weighted by Gasteiger charge is -2.22. The molecule has 2 aromatic carbocycles. The third kappa shape index (κ3) is 4.98. The summed E-state index contributed by atoms with van der Waals surface area (Å²) in [7, 11) is 0. The summed E-state index contributed by atoms with van der Waals surface area (Å²) in [5.41, 5.74) is 1.77. The van der Waals surface area contributed by atoms with Gasteiger partial charge in [0.2, 0.25) is 5.91 Å². The third-order valence-corrected chi connectivity index (χ3v) is 5.13. The van der Waals surface area contributed by atoms with Crippen LogP contribution >= 0.6 is 11.8 Å². The van der Waals surface area contributed by atoms with Crippen LogP contribution in [0.1, 0.15) is 25.5 Å². The zero-order valence-corrected chi connectivity index (χ0v) is 16.1. The molecule has 1 N–H and O–H groups in total. The Morgan fingerprint density at radius 1 is 1.19 bits per heavy atom. The number of hydrogen-bond acceptors (Lipinski definition) is 3. The number of hydrogen-bond donors (Lipinski definition) is 1. The van der Waals surface area contributed by atoms with E-state index < -0.39 is 0 Å². The average molecular weight is 383 g/mol. The van der Waals surface area contributed by atoms with Crippen molar-refractivity contribution in [3.8, 4) is 5.69 Å². The first-order valence-corrected chi connectivity index (χ1v) is 9.79. The molecule has 0 aliphatic heterocycles. The van der Waals surface area contributed by atoms with E-state index in [4.69, 9.17) is 0 Å². The average Bonchev–Trinajstić information content (AvgIpc) is 3.13. The van der Waals surface area contributed by atoms with Gasteiger partial charge in [-0.2, -0.15) is 0 Å². The number of thioether (sulfide) groups is 1. The molecule has 3 aromatic rings. The van der Waals surface area contributed by atoms with Crippen LogP contribution in [0, 0.1) is 11.7 Å².